The van der Waals surface area contributed by atoms with Gasteiger partial charge in [-0.1, -0.05) is 97.1 Å². The van der Waals surface area contributed by atoms with E-state index in [1.54, 1.807) is 0 Å². The zero-order valence-corrected chi connectivity index (χ0v) is 16.9. The molecule has 0 amide bonds. The fourth-order valence-corrected chi connectivity index (χ4v) is 3.66. The number of nitrogens with zero attached hydrogens (tertiary/aromatic N) is 1. The van der Waals surface area contributed by atoms with Gasteiger partial charge in [0.05, 0.1) is 0 Å². The van der Waals surface area contributed by atoms with E-state index in [2.05, 4.69) is 134 Å². The summed E-state index contributed by atoms with van der Waals surface area (Å²) >= 11 is 0. The average Bonchev–Trinajstić information content (AvgIpc) is 2.76. The largest absolute Gasteiger partial charge is 0.351 e. The summed E-state index contributed by atoms with van der Waals surface area (Å²) in [4.78, 5) is 2.15. The molecule has 0 N–H and O–H groups in total. The lowest BCUT2D eigenvalue weighted by Gasteiger charge is -2.23. The van der Waals surface area contributed by atoms with Gasteiger partial charge in [-0.2, -0.15) is 0 Å². The van der Waals surface area contributed by atoms with Crippen molar-refractivity contribution in [2.75, 3.05) is 11.9 Å². The fraction of sp³-hybridized carbons (Fsp3) is 0.0714. The van der Waals surface area contributed by atoms with Gasteiger partial charge in [0.25, 0.3) is 0 Å². The Bertz CT molecular complexity index is 1170. The molecule has 0 atom stereocenters. The van der Waals surface area contributed by atoms with E-state index in [1.165, 1.54) is 38.7 Å². The van der Waals surface area contributed by atoms with Gasteiger partial charge >= 0.3 is 0 Å². The molecule has 0 aliphatic carbocycles. The first-order valence-corrected chi connectivity index (χ1v) is 9.94. The molecule has 29 heavy (non-hydrogen) atoms. The smallest absolute Gasteiger partial charge is 0.0483 e. The van der Waals surface area contributed by atoms with Crippen LogP contribution in [0.25, 0.3) is 22.4 Å². The van der Waals surface area contributed by atoms with Crippen LogP contribution in [0.15, 0.2) is 109 Å². The maximum Gasteiger partial charge on any atom is 0.0483 e. The molecule has 142 valence electrons. The van der Waals surface area contributed by atoms with Gasteiger partial charge in [-0.25, -0.2) is 0 Å². The van der Waals surface area contributed by atoms with Crippen molar-refractivity contribution in [3.05, 3.63) is 126 Å². The van der Waals surface area contributed by atoms with Crippen LogP contribution in [0, 0.1) is 6.92 Å². The van der Waals surface area contributed by atoms with Gasteiger partial charge < -0.3 is 4.90 Å². The molecule has 0 spiro atoms. The molecule has 0 saturated carbocycles. The molecular formula is C28H25N. The maximum atomic E-state index is 2.19. The van der Waals surface area contributed by atoms with Crippen molar-refractivity contribution in [3.63, 3.8) is 0 Å². The monoisotopic (exact) mass is 375 g/mol. The fourth-order valence-electron chi connectivity index (χ4n) is 3.66. The maximum absolute atomic E-state index is 2.19. The second-order valence-corrected chi connectivity index (χ2v) is 7.21. The molecule has 1 nitrogen and oxygen atoms in total. The van der Waals surface area contributed by atoms with Crippen LogP contribution in [-0.2, 0) is 0 Å². The number of hydrogen-bond donors (Lipinski definition) is 0. The van der Waals surface area contributed by atoms with Crippen LogP contribution < -0.4 is 4.90 Å². The summed E-state index contributed by atoms with van der Waals surface area (Å²) in [5.74, 6) is 0. The van der Waals surface area contributed by atoms with Crippen LogP contribution in [0.4, 0.5) is 5.69 Å². The predicted molar refractivity (Wildman–Crippen MR) is 128 cm³/mol. The van der Waals surface area contributed by atoms with Gasteiger partial charge in [0.1, 0.15) is 0 Å². The first kappa shape index (κ1) is 18.8. The SMILES string of the molecule is Cc1ccc(C=CC=CC=CC=C2C=CN(C)c3ccccc32)c2ccccc12. The Morgan fingerprint density at radius 1 is 0.724 bits per heavy atom. The van der Waals surface area contributed by atoms with Crippen LogP contribution in [0.2, 0.25) is 0 Å². The molecule has 3 aromatic rings. The van der Waals surface area contributed by atoms with Crippen molar-refractivity contribution in [1.29, 1.82) is 0 Å². The highest BCUT2D eigenvalue weighted by atomic mass is 15.1. The molecule has 0 fully saturated rings. The molecule has 0 aromatic heterocycles. The van der Waals surface area contributed by atoms with Crippen LogP contribution >= 0.6 is 0 Å². The number of benzene rings is 3. The summed E-state index contributed by atoms with van der Waals surface area (Å²) < 4.78 is 0. The molecule has 0 unspecified atom stereocenters. The van der Waals surface area contributed by atoms with Crippen LogP contribution in [-0.4, -0.2) is 7.05 Å². The number of anilines is 1. The summed E-state index contributed by atoms with van der Waals surface area (Å²) in [5.41, 5.74) is 6.28. The van der Waals surface area contributed by atoms with E-state index < -0.39 is 0 Å². The molecule has 1 aliphatic rings. The minimum absolute atomic E-state index is 1.23. The van der Waals surface area contributed by atoms with Gasteiger partial charge in [-0.05, 0) is 46.5 Å². The number of fused-ring (bicyclic) bond motifs is 2. The van der Waals surface area contributed by atoms with Crippen molar-refractivity contribution in [2.24, 2.45) is 0 Å². The highest BCUT2D eigenvalue weighted by molar-refractivity contribution is 5.93. The molecule has 1 aliphatic heterocycles. The van der Waals surface area contributed by atoms with E-state index in [4.69, 9.17) is 0 Å². The molecule has 0 radical (unpaired) electrons. The normalized spacial score (nSPS) is 15.4. The van der Waals surface area contributed by atoms with E-state index in [0.29, 0.717) is 0 Å². The third-order valence-corrected chi connectivity index (χ3v) is 5.24. The summed E-state index contributed by atoms with van der Waals surface area (Å²) in [5, 5.41) is 2.61. The lowest BCUT2D eigenvalue weighted by atomic mass is 10.00. The molecular weight excluding hydrogens is 350 g/mol. The lowest BCUT2D eigenvalue weighted by molar-refractivity contribution is 1.18. The quantitative estimate of drug-likeness (QED) is 0.432. The number of hydrogen-bond acceptors (Lipinski definition) is 1. The molecule has 0 saturated heterocycles. The van der Waals surface area contributed by atoms with E-state index in [9.17, 15) is 0 Å². The minimum Gasteiger partial charge on any atom is -0.351 e. The van der Waals surface area contributed by atoms with Crippen molar-refractivity contribution in [1.82, 2.24) is 0 Å². The minimum atomic E-state index is 1.23. The van der Waals surface area contributed by atoms with Crippen LogP contribution in [0.5, 0.6) is 0 Å². The lowest BCUT2D eigenvalue weighted by Crippen LogP contribution is -2.13. The number of aryl methyl sites for hydroxylation is 1. The Labute approximate surface area is 173 Å². The van der Waals surface area contributed by atoms with Gasteiger partial charge in [0.15, 0.2) is 0 Å². The Morgan fingerprint density at radius 3 is 2.34 bits per heavy atom. The number of para-hydroxylation sites is 1. The van der Waals surface area contributed by atoms with Crippen molar-refractivity contribution in [2.45, 2.75) is 6.92 Å². The summed E-state index contributed by atoms with van der Waals surface area (Å²) in [6.45, 7) is 2.16. The van der Waals surface area contributed by atoms with Crippen LogP contribution in [0.1, 0.15) is 16.7 Å². The Hall–Kier alpha value is -3.58. The van der Waals surface area contributed by atoms with E-state index in [0.717, 1.165) is 0 Å². The average molecular weight is 376 g/mol. The highest BCUT2D eigenvalue weighted by Gasteiger charge is 2.11. The molecule has 1 heteroatoms. The topological polar surface area (TPSA) is 3.24 Å². The molecule has 4 rings (SSSR count). The Morgan fingerprint density at radius 2 is 1.45 bits per heavy atom. The number of allylic oxidation sites excluding steroid dienone is 8. The van der Waals surface area contributed by atoms with E-state index in [-0.39, 0.29) is 0 Å². The van der Waals surface area contributed by atoms with E-state index in [1.807, 2.05) is 0 Å². The van der Waals surface area contributed by atoms with E-state index >= 15 is 0 Å². The zero-order chi connectivity index (χ0) is 20.1. The molecule has 1 heterocycles. The third kappa shape index (κ3) is 4.14. The zero-order valence-electron chi connectivity index (χ0n) is 16.9. The Kier molecular flexibility index (Phi) is 5.58. The second-order valence-electron chi connectivity index (χ2n) is 7.21. The standard InChI is InChI=1S/C28H25N/c1-22-18-19-23(26-15-9-8-14-25(22)26)12-6-4-3-5-7-13-24-20-21-29(2)28-17-11-10-16-27(24)28/h3-21H,1-2H3. The van der Waals surface area contributed by atoms with Gasteiger partial charge in [0, 0.05) is 24.5 Å². The number of rotatable bonds is 4. The van der Waals surface area contributed by atoms with Crippen LogP contribution in [0.3, 0.4) is 0 Å². The van der Waals surface area contributed by atoms with Crippen molar-refractivity contribution in [3.8, 4) is 0 Å². The summed E-state index contributed by atoms with van der Waals surface area (Å²) in [6, 6.07) is 21.4. The summed E-state index contributed by atoms with van der Waals surface area (Å²) in [7, 11) is 2.08. The van der Waals surface area contributed by atoms with Gasteiger partial charge in [0.2, 0.25) is 0 Å². The van der Waals surface area contributed by atoms with Crippen molar-refractivity contribution < 1.29 is 0 Å². The Balaban J connectivity index is 1.45. The van der Waals surface area contributed by atoms with Crippen molar-refractivity contribution >= 4 is 28.1 Å². The first-order chi connectivity index (χ1) is 14.2. The third-order valence-electron chi connectivity index (χ3n) is 5.24. The molecule has 0 bridgehead atoms. The first-order valence-electron chi connectivity index (χ1n) is 9.94. The summed E-state index contributed by atoms with van der Waals surface area (Å²) in [6.07, 6.45) is 19.0. The highest BCUT2D eigenvalue weighted by Crippen LogP contribution is 2.31. The second kappa shape index (κ2) is 8.62. The molecule has 3 aromatic carbocycles. The van der Waals surface area contributed by atoms with Gasteiger partial charge in [-0.3, -0.25) is 0 Å². The predicted octanol–water partition coefficient (Wildman–Crippen LogP) is 7.32. The van der Waals surface area contributed by atoms with Gasteiger partial charge in [-0.15, -0.1) is 0 Å².